The number of nitrogens with zero attached hydrogens (tertiary/aromatic N) is 3. The Morgan fingerprint density at radius 2 is 1.64 bits per heavy atom. The Kier molecular flexibility index (Phi) is 6.32. The average Bonchev–Trinajstić information content (AvgIpc) is 3.43. The number of fused-ring (bicyclic) bond motifs is 1. The lowest BCUT2D eigenvalue weighted by Crippen LogP contribution is -2.44. The van der Waals surface area contributed by atoms with E-state index in [1.54, 1.807) is 24.3 Å². The molecule has 0 saturated heterocycles. The number of nitrogens with one attached hydrogen (secondary N) is 2. The number of sulfonamides is 1. The molecular weight excluding hydrogens is 442 g/mol. The molecule has 0 bridgehead atoms. The quantitative estimate of drug-likeness (QED) is 0.521. The van der Waals surface area contributed by atoms with E-state index in [9.17, 15) is 18.0 Å². The summed E-state index contributed by atoms with van der Waals surface area (Å²) in [5.41, 5.74) is -0.258. The third-order valence-corrected chi connectivity index (χ3v) is 7.88. The number of hydrogen-bond donors (Lipinski definition) is 2. The third-order valence-electron chi connectivity index (χ3n) is 6.33. The Labute approximate surface area is 192 Å². The zero-order valence-corrected chi connectivity index (χ0v) is 20.2. The number of rotatable bonds is 8. The minimum atomic E-state index is -3.82. The second-order valence-corrected chi connectivity index (χ2v) is 10.6. The molecule has 2 aromatic heterocycles. The van der Waals surface area contributed by atoms with Gasteiger partial charge in [-0.15, -0.1) is 0 Å². The zero-order valence-electron chi connectivity index (χ0n) is 19.3. The molecule has 2 N–H and O–H groups in total. The molecule has 1 fully saturated rings. The maximum Gasteiger partial charge on any atom is 0.332 e. The Morgan fingerprint density at radius 1 is 1.03 bits per heavy atom. The molecule has 9 nitrogen and oxygen atoms in total. The highest BCUT2D eigenvalue weighted by atomic mass is 32.2. The first-order chi connectivity index (χ1) is 15.7. The van der Waals surface area contributed by atoms with Crippen LogP contribution >= 0.6 is 0 Å². The smallest absolute Gasteiger partial charge is 0.332 e. The first-order valence-electron chi connectivity index (χ1n) is 11.6. The number of aryl methyl sites for hydroxylation is 2. The second kappa shape index (κ2) is 8.90. The monoisotopic (exact) mass is 473 g/mol. The summed E-state index contributed by atoms with van der Waals surface area (Å²) in [6.07, 6.45) is 4.11. The van der Waals surface area contributed by atoms with Gasteiger partial charge < -0.3 is 4.98 Å². The predicted molar refractivity (Wildman–Crippen MR) is 127 cm³/mol. The molecule has 1 aromatic carbocycles. The average molecular weight is 474 g/mol. The molecule has 178 valence electrons. The molecule has 3 aromatic rings. The van der Waals surface area contributed by atoms with Gasteiger partial charge in [-0.05, 0) is 44.7 Å². The summed E-state index contributed by atoms with van der Waals surface area (Å²) in [5.74, 6) is 0.390. The van der Waals surface area contributed by atoms with Crippen LogP contribution < -0.4 is 16.0 Å². The van der Waals surface area contributed by atoms with Crippen LogP contribution in [0.2, 0.25) is 0 Å². The first-order valence-corrected chi connectivity index (χ1v) is 13.0. The zero-order chi connectivity index (χ0) is 23.8. The normalized spacial score (nSPS) is 16.0. The molecule has 2 heterocycles. The molecule has 0 spiro atoms. The number of aromatic nitrogens is 4. The fraction of sp³-hybridized carbons (Fsp3) is 0.522. The molecule has 33 heavy (non-hydrogen) atoms. The Bertz CT molecular complexity index is 1380. The van der Waals surface area contributed by atoms with Gasteiger partial charge in [0.25, 0.3) is 5.56 Å². The third kappa shape index (κ3) is 4.17. The van der Waals surface area contributed by atoms with E-state index in [0.717, 1.165) is 18.4 Å². The summed E-state index contributed by atoms with van der Waals surface area (Å²) in [7, 11) is -3.82. The fourth-order valence-corrected chi connectivity index (χ4v) is 6.07. The highest BCUT2D eigenvalue weighted by Gasteiger charge is 2.42. The van der Waals surface area contributed by atoms with Crippen molar-refractivity contribution in [1.29, 1.82) is 0 Å². The Balaban J connectivity index is 1.87. The van der Waals surface area contributed by atoms with Gasteiger partial charge in [-0.25, -0.2) is 18.2 Å². The molecule has 10 heteroatoms. The van der Waals surface area contributed by atoms with Crippen LogP contribution in [0.25, 0.3) is 11.2 Å². The van der Waals surface area contributed by atoms with Crippen LogP contribution in [0.1, 0.15) is 63.8 Å². The number of imidazole rings is 1. The van der Waals surface area contributed by atoms with Crippen LogP contribution in [0.5, 0.6) is 0 Å². The molecule has 0 radical (unpaired) electrons. The SMILES string of the molecule is CCCn1c(=O)c2[nH]c(C3(NS(=O)(=O)c4ccc(C)cc4)CCCC3)nc2n(CCC)c1=O. The van der Waals surface area contributed by atoms with Gasteiger partial charge >= 0.3 is 5.69 Å². The molecular formula is C23H31N5O4S. The summed E-state index contributed by atoms with van der Waals surface area (Å²) in [5, 5.41) is 0. The number of H-pyrrole nitrogens is 1. The van der Waals surface area contributed by atoms with Crippen LogP contribution in [0, 0.1) is 6.92 Å². The van der Waals surface area contributed by atoms with Gasteiger partial charge in [0, 0.05) is 13.1 Å². The summed E-state index contributed by atoms with van der Waals surface area (Å²) in [6, 6.07) is 6.69. The van der Waals surface area contributed by atoms with Crippen LogP contribution in [0.4, 0.5) is 0 Å². The maximum absolute atomic E-state index is 13.2. The van der Waals surface area contributed by atoms with Crippen molar-refractivity contribution in [3.63, 3.8) is 0 Å². The van der Waals surface area contributed by atoms with E-state index in [2.05, 4.69) is 14.7 Å². The first kappa shape index (κ1) is 23.4. The highest BCUT2D eigenvalue weighted by Crippen LogP contribution is 2.39. The van der Waals surface area contributed by atoms with E-state index in [1.165, 1.54) is 9.13 Å². The van der Waals surface area contributed by atoms with Gasteiger partial charge in [0.05, 0.1) is 10.4 Å². The molecule has 0 aliphatic heterocycles. The number of aromatic amines is 1. The molecule has 0 atom stereocenters. The van der Waals surface area contributed by atoms with Crippen molar-refractivity contribution in [3.05, 3.63) is 56.5 Å². The van der Waals surface area contributed by atoms with E-state index < -0.39 is 21.1 Å². The Morgan fingerprint density at radius 3 is 2.24 bits per heavy atom. The van der Waals surface area contributed by atoms with Crippen molar-refractivity contribution in [2.75, 3.05) is 0 Å². The summed E-state index contributed by atoms with van der Waals surface area (Å²) >= 11 is 0. The van der Waals surface area contributed by atoms with E-state index in [1.807, 2.05) is 20.8 Å². The molecule has 4 rings (SSSR count). The summed E-state index contributed by atoms with van der Waals surface area (Å²) < 4.78 is 32.1. The highest BCUT2D eigenvalue weighted by molar-refractivity contribution is 7.89. The van der Waals surface area contributed by atoms with E-state index >= 15 is 0 Å². The van der Waals surface area contributed by atoms with Gasteiger partial charge in [-0.1, -0.05) is 44.4 Å². The van der Waals surface area contributed by atoms with Gasteiger partial charge in [0.1, 0.15) is 11.3 Å². The van der Waals surface area contributed by atoms with Gasteiger partial charge in [0.2, 0.25) is 10.0 Å². The van der Waals surface area contributed by atoms with Gasteiger partial charge in [0.15, 0.2) is 5.65 Å². The summed E-state index contributed by atoms with van der Waals surface area (Å²) in [4.78, 5) is 34.1. The van der Waals surface area contributed by atoms with Crippen molar-refractivity contribution in [1.82, 2.24) is 23.8 Å². The minimum absolute atomic E-state index is 0.184. The molecule has 0 amide bonds. The van der Waals surface area contributed by atoms with Crippen molar-refractivity contribution in [2.24, 2.45) is 0 Å². The lowest BCUT2D eigenvalue weighted by molar-refractivity contribution is 0.384. The topological polar surface area (TPSA) is 119 Å². The molecule has 1 aliphatic carbocycles. The molecule has 1 aliphatic rings. The van der Waals surface area contributed by atoms with Crippen molar-refractivity contribution in [2.45, 2.75) is 82.8 Å². The standard InChI is InChI=1S/C23H31N5O4S/c1-4-14-27-19-18(20(29)28(15-5-2)22(27)30)24-21(25-19)23(12-6-7-13-23)26-33(31,32)17-10-8-16(3)9-11-17/h8-11,26H,4-7,12-15H2,1-3H3,(H,24,25). The van der Waals surface area contributed by atoms with Crippen LogP contribution in [-0.4, -0.2) is 27.5 Å². The largest absolute Gasteiger partial charge is 0.335 e. The van der Waals surface area contributed by atoms with Crippen LogP contribution in [0.15, 0.2) is 38.8 Å². The van der Waals surface area contributed by atoms with Crippen molar-refractivity contribution < 1.29 is 8.42 Å². The second-order valence-electron chi connectivity index (χ2n) is 8.88. The lowest BCUT2D eigenvalue weighted by Gasteiger charge is -2.27. The summed E-state index contributed by atoms with van der Waals surface area (Å²) in [6.45, 7) is 6.50. The molecule has 0 unspecified atom stereocenters. The van der Waals surface area contributed by atoms with Crippen molar-refractivity contribution >= 4 is 21.2 Å². The predicted octanol–water partition coefficient (Wildman–Crippen LogP) is 2.76. The Hall–Kier alpha value is -2.72. The van der Waals surface area contributed by atoms with E-state index in [4.69, 9.17) is 0 Å². The fourth-order valence-electron chi connectivity index (χ4n) is 4.64. The maximum atomic E-state index is 13.2. The van der Waals surface area contributed by atoms with Crippen LogP contribution in [0.3, 0.4) is 0 Å². The number of hydrogen-bond acceptors (Lipinski definition) is 5. The minimum Gasteiger partial charge on any atom is -0.335 e. The van der Waals surface area contributed by atoms with Crippen LogP contribution in [-0.2, 0) is 28.7 Å². The van der Waals surface area contributed by atoms with Gasteiger partial charge in [-0.3, -0.25) is 13.9 Å². The molecule has 1 saturated carbocycles. The van der Waals surface area contributed by atoms with Crippen molar-refractivity contribution in [3.8, 4) is 0 Å². The lowest BCUT2D eigenvalue weighted by atomic mass is 9.98. The van der Waals surface area contributed by atoms with Gasteiger partial charge in [-0.2, -0.15) is 4.72 Å². The van der Waals surface area contributed by atoms with E-state index in [-0.39, 0.29) is 21.7 Å². The number of benzene rings is 1. The van der Waals surface area contributed by atoms with E-state index in [0.29, 0.717) is 44.6 Å².